The first kappa shape index (κ1) is 16.2. The number of hydrogen-bond donors (Lipinski definition) is 1. The molecule has 0 spiro atoms. The van der Waals surface area contributed by atoms with Crippen LogP contribution in [0.2, 0.25) is 0 Å². The summed E-state index contributed by atoms with van der Waals surface area (Å²) in [6, 6.07) is 17.1. The van der Waals surface area contributed by atoms with E-state index < -0.39 is 0 Å². The minimum absolute atomic E-state index is 0.0639. The van der Waals surface area contributed by atoms with Crippen molar-refractivity contribution in [1.82, 2.24) is 4.98 Å². The number of aromatic nitrogens is 1. The van der Waals surface area contributed by atoms with Gasteiger partial charge in [-0.05, 0) is 35.7 Å². The van der Waals surface area contributed by atoms with Gasteiger partial charge < -0.3 is 9.52 Å². The standard InChI is InChI=1S/C23H13NO4/c25-18-11-15(21(26)14-7-9-24-10-8-14)12-19-20(18)22(27)17-6-5-13-3-1-2-4-16(13)23(17)28-19/h1-12,25H. The van der Waals surface area contributed by atoms with Crippen LogP contribution in [0.4, 0.5) is 0 Å². The number of hydrogen-bond acceptors (Lipinski definition) is 5. The van der Waals surface area contributed by atoms with E-state index in [9.17, 15) is 14.7 Å². The molecule has 5 rings (SSSR count). The van der Waals surface area contributed by atoms with Crippen molar-refractivity contribution in [3.8, 4) is 5.75 Å². The Bertz CT molecular complexity index is 1450. The van der Waals surface area contributed by atoms with Gasteiger partial charge in [-0.25, -0.2) is 0 Å². The molecule has 0 fully saturated rings. The number of benzene rings is 3. The second-order valence-electron chi connectivity index (χ2n) is 6.53. The lowest BCUT2D eigenvalue weighted by Gasteiger charge is -2.08. The van der Waals surface area contributed by atoms with Crippen LogP contribution in [0.25, 0.3) is 32.7 Å². The summed E-state index contributed by atoms with van der Waals surface area (Å²) in [5, 5.41) is 12.7. The number of carbonyl (C=O) groups is 1. The Labute approximate surface area is 158 Å². The van der Waals surface area contributed by atoms with Crippen LogP contribution < -0.4 is 5.43 Å². The summed E-state index contributed by atoms with van der Waals surface area (Å²) in [5.41, 5.74) is 0.943. The number of ketones is 1. The van der Waals surface area contributed by atoms with Gasteiger partial charge in [0.25, 0.3) is 0 Å². The van der Waals surface area contributed by atoms with Gasteiger partial charge in [0.15, 0.2) is 5.78 Å². The van der Waals surface area contributed by atoms with Gasteiger partial charge in [-0.3, -0.25) is 14.6 Å². The van der Waals surface area contributed by atoms with Crippen LogP contribution in [0.15, 0.2) is 82.3 Å². The number of fused-ring (bicyclic) bond motifs is 4. The molecule has 0 aliphatic heterocycles. The smallest absolute Gasteiger partial charge is 0.204 e. The van der Waals surface area contributed by atoms with E-state index in [-0.39, 0.29) is 33.5 Å². The fourth-order valence-electron chi connectivity index (χ4n) is 3.49. The summed E-state index contributed by atoms with van der Waals surface area (Å²) in [4.78, 5) is 29.6. The molecule has 0 aliphatic carbocycles. The molecular weight excluding hydrogens is 354 g/mol. The van der Waals surface area contributed by atoms with Crippen molar-refractivity contribution in [2.24, 2.45) is 0 Å². The van der Waals surface area contributed by atoms with E-state index in [4.69, 9.17) is 4.42 Å². The lowest BCUT2D eigenvalue weighted by atomic mass is 10.0. The van der Waals surface area contributed by atoms with Gasteiger partial charge >= 0.3 is 0 Å². The third-order valence-corrected chi connectivity index (χ3v) is 4.85. The zero-order valence-electron chi connectivity index (χ0n) is 14.5. The van der Waals surface area contributed by atoms with Crippen LogP contribution in [0.1, 0.15) is 15.9 Å². The van der Waals surface area contributed by atoms with Crippen molar-refractivity contribution in [2.45, 2.75) is 0 Å². The van der Waals surface area contributed by atoms with Crippen LogP contribution in [-0.4, -0.2) is 15.9 Å². The van der Waals surface area contributed by atoms with Crippen molar-refractivity contribution >= 4 is 38.5 Å². The maximum atomic E-state index is 13.0. The number of nitrogens with zero attached hydrogens (tertiary/aromatic N) is 1. The molecule has 5 heteroatoms. The summed E-state index contributed by atoms with van der Waals surface area (Å²) in [5.74, 6) is -0.570. The fraction of sp³-hybridized carbons (Fsp3) is 0. The van der Waals surface area contributed by atoms with Crippen LogP contribution in [0.5, 0.6) is 5.75 Å². The number of phenolic OH excluding ortho intramolecular Hbond substituents is 1. The van der Waals surface area contributed by atoms with Gasteiger partial charge in [-0.2, -0.15) is 0 Å². The summed E-state index contributed by atoms with van der Waals surface area (Å²) in [6.45, 7) is 0. The highest BCUT2D eigenvalue weighted by atomic mass is 16.3. The zero-order chi connectivity index (χ0) is 19.3. The van der Waals surface area contributed by atoms with Crippen LogP contribution in [-0.2, 0) is 0 Å². The molecule has 3 aromatic carbocycles. The van der Waals surface area contributed by atoms with Crippen molar-refractivity contribution in [2.75, 3.05) is 0 Å². The summed E-state index contributed by atoms with van der Waals surface area (Å²) >= 11 is 0. The third kappa shape index (κ3) is 2.37. The predicted octanol–water partition coefficient (Wildman–Crippen LogP) is 4.43. The van der Waals surface area contributed by atoms with E-state index in [0.29, 0.717) is 16.5 Å². The van der Waals surface area contributed by atoms with Crippen LogP contribution >= 0.6 is 0 Å². The molecule has 134 valence electrons. The summed E-state index contributed by atoms with van der Waals surface area (Å²) < 4.78 is 6.02. The van der Waals surface area contributed by atoms with E-state index >= 15 is 0 Å². The highest BCUT2D eigenvalue weighted by Gasteiger charge is 2.18. The van der Waals surface area contributed by atoms with Gasteiger partial charge in [-0.1, -0.05) is 30.3 Å². The van der Waals surface area contributed by atoms with E-state index in [1.807, 2.05) is 30.3 Å². The average molecular weight is 367 g/mol. The highest BCUT2D eigenvalue weighted by Crippen LogP contribution is 2.31. The lowest BCUT2D eigenvalue weighted by molar-refractivity contribution is 0.103. The Kier molecular flexibility index (Phi) is 3.49. The Morgan fingerprint density at radius 1 is 0.893 bits per heavy atom. The second-order valence-corrected chi connectivity index (χ2v) is 6.53. The van der Waals surface area contributed by atoms with Gasteiger partial charge in [0.2, 0.25) is 5.43 Å². The Morgan fingerprint density at radius 3 is 2.50 bits per heavy atom. The molecule has 0 saturated heterocycles. The first-order chi connectivity index (χ1) is 13.6. The van der Waals surface area contributed by atoms with E-state index in [2.05, 4.69) is 4.98 Å². The van der Waals surface area contributed by atoms with Crippen LogP contribution in [0, 0.1) is 0 Å². The fourth-order valence-corrected chi connectivity index (χ4v) is 3.49. The quantitative estimate of drug-likeness (QED) is 0.284. The molecule has 0 radical (unpaired) electrons. The van der Waals surface area contributed by atoms with E-state index in [1.165, 1.54) is 24.5 Å². The molecule has 0 amide bonds. The maximum Gasteiger partial charge on any atom is 0.204 e. The van der Waals surface area contributed by atoms with Crippen molar-refractivity contribution in [1.29, 1.82) is 0 Å². The number of carbonyl (C=O) groups excluding carboxylic acids is 1. The normalized spacial score (nSPS) is 11.3. The molecule has 1 N–H and O–H groups in total. The van der Waals surface area contributed by atoms with Gasteiger partial charge in [0, 0.05) is 28.9 Å². The Hall–Kier alpha value is -3.99. The summed E-state index contributed by atoms with van der Waals surface area (Å²) in [7, 11) is 0. The SMILES string of the molecule is O=C(c1ccncc1)c1cc(O)c2c(=O)c3ccc4ccccc4c3oc2c1. The topological polar surface area (TPSA) is 80.4 Å². The maximum absolute atomic E-state index is 13.0. The molecule has 0 aliphatic rings. The molecule has 28 heavy (non-hydrogen) atoms. The largest absolute Gasteiger partial charge is 0.507 e. The van der Waals surface area contributed by atoms with Gasteiger partial charge in [0.1, 0.15) is 22.3 Å². The molecular formula is C23H13NO4. The molecule has 0 saturated carbocycles. The van der Waals surface area contributed by atoms with Crippen molar-refractivity contribution < 1.29 is 14.3 Å². The zero-order valence-corrected chi connectivity index (χ0v) is 14.5. The minimum Gasteiger partial charge on any atom is -0.507 e. The average Bonchev–Trinajstić information content (AvgIpc) is 2.73. The summed E-state index contributed by atoms with van der Waals surface area (Å²) in [6.07, 6.45) is 3.04. The third-order valence-electron chi connectivity index (χ3n) is 4.85. The van der Waals surface area contributed by atoms with E-state index in [0.717, 1.165) is 10.8 Å². The Balaban J connectivity index is 1.84. The van der Waals surface area contributed by atoms with Crippen LogP contribution in [0.3, 0.4) is 0 Å². The van der Waals surface area contributed by atoms with Gasteiger partial charge in [-0.15, -0.1) is 0 Å². The molecule has 5 nitrogen and oxygen atoms in total. The van der Waals surface area contributed by atoms with Crippen molar-refractivity contribution in [3.05, 3.63) is 94.4 Å². The number of aromatic hydroxyl groups is 1. The Morgan fingerprint density at radius 2 is 1.68 bits per heavy atom. The van der Waals surface area contributed by atoms with E-state index in [1.54, 1.807) is 18.2 Å². The lowest BCUT2D eigenvalue weighted by Crippen LogP contribution is -2.06. The number of rotatable bonds is 2. The molecule has 0 bridgehead atoms. The number of pyridine rings is 1. The van der Waals surface area contributed by atoms with Crippen molar-refractivity contribution in [3.63, 3.8) is 0 Å². The van der Waals surface area contributed by atoms with Gasteiger partial charge in [0.05, 0.1) is 5.39 Å². The first-order valence-electron chi connectivity index (χ1n) is 8.69. The molecule has 0 atom stereocenters. The first-order valence-corrected chi connectivity index (χ1v) is 8.69. The predicted molar refractivity (Wildman–Crippen MR) is 107 cm³/mol. The minimum atomic E-state index is -0.331. The molecule has 0 unspecified atom stereocenters. The second kappa shape index (κ2) is 6.03. The molecule has 5 aromatic rings. The molecule has 2 aromatic heterocycles. The molecule has 2 heterocycles. The highest BCUT2D eigenvalue weighted by molar-refractivity contribution is 6.12. The number of phenols is 1. The monoisotopic (exact) mass is 367 g/mol.